The van der Waals surface area contributed by atoms with Crippen molar-refractivity contribution < 1.29 is 4.39 Å². The molecule has 1 unspecified atom stereocenters. The number of hydrogen-bond donors (Lipinski definition) is 0. The predicted octanol–water partition coefficient (Wildman–Crippen LogP) is 2.92. The van der Waals surface area contributed by atoms with E-state index in [0.717, 1.165) is 5.00 Å². The van der Waals surface area contributed by atoms with E-state index in [1.807, 2.05) is 11.8 Å². The van der Waals surface area contributed by atoms with Gasteiger partial charge in [-0.05, 0) is 24.5 Å². The number of piperazine rings is 1. The Morgan fingerprint density at radius 2 is 2.32 bits per heavy atom. The van der Waals surface area contributed by atoms with Crippen LogP contribution in [0.4, 0.5) is 15.1 Å². The first-order valence-corrected chi connectivity index (χ1v) is 7.93. The highest BCUT2D eigenvalue weighted by Crippen LogP contribution is 2.33. The van der Waals surface area contributed by atoms with Gasteiger partial charge in [0.2, 0.25) is 0 Å². The molecule has 8 heteroatoms. The zero-order chi connectivity index (χ0) is 15.7. The van der Waals surface area contributed by atoms with E-state index < -0.39 is 0 Å². The number of pyridine rings is 1. The van der Waals surface area contributed by atoms with E-state index in [4.69, 9.17) is 11.6 Å². The third kappa shape index (κ3) is 2.60. The van der Waals surface area contributed by atoms with Crippen molar-refractivity contribution in [2.24, 2.45) is 0 Å². The normalized spacial score (nSPS) is 18.4. The maximum absolute atomic E-state index is 13.9. The van der Waals surface area contributed by atoms with Crippen LogP contribution in [0.25, 0.3) is 0 Å². The van der Waals surface area contributed by atoms with E-state index in [9.17, 15) is 9.65 Å². The van der Waals surface area contributed by atoms with E-state index in [1.165, 1.54) is 17.7 Å². The minimum Gasteiger partial charge on any atom is -0.363 e. The molecule has 1 aliphatic rings. The van der Waals surface area contributed by atoms with Crippen molar-refractivity contribution in [2.75, 3.05) is 29.4 Å². The Morgan fingerprint density at radius 1 is 1.50 bits per heavy atom. The lowest BCUT2D eigenvalue weighted by Gasteiger charge is -2.41. The van der Waals surface area contributed by atoms with Crippen LogP contribution in [0, 0.1) is 17.1 Å². The van der Waals surface area contributed by atoms with Gasteiger partial charge in [0.1, 0.15) is 16.6 Å². The van der Waals surface area contributed by atoms with Gasteiger partial charge >= 0.3 is 0 Å². The van der Waals surface area contributed by atoms with Gasteiger partial charge in [-0.3, -0.25) is 4.98 Å². The first kappa shape index (κ1) is 15.0. The van der Waals surface area contributed by atoms with Crippen molar-refractivity contribution in [1.82, 2.24) is 9.36 Å². The number of anilines is 2. The Bertz CT molecular complexity index is 728. The second-order valence-corrected chi connectivity index (χ2v) is 6.19. The summed E-state index contributed by atoms with van der Waals surface area (Å²) in [5, 5.41) is 10.2. The summed E-state index contributed by atoms with van der Waals surface area (Å²) in [6.45, 7) is 4.04. The van der Waals surface area contributed by atoms with E-state index in [2.05, 4.69) is 20.3 Å². The fourth-order valence-electron chi connectivity index (χ4n) is 2.67. The molecule has 1 saturated heterocycles. The van der Waals surface area contributed by atoms with Crippen LogP contribution in [0.1, 0.15) is 12.5 Å². The number of halogens is 2. The van der Waals surface area contributed by atoms with Crippen molar-refractivity contribution in [2.45, 2.75) is 13.0 Å². The van der Waals surface area contributed by atoms with Crippen LogP contribution in [-0.2, 0) is 0 Å². The lowest BCUT2D eigenvalue weighted by atomic mass is 10.1. The molecule has 0 amide bonds. The molecule has 0 N–H and O–H groups in total. The Kier molecular flexibility index (Phi) is 4.14. The summed E-state index contributed by atoms with van der Waals surface area (Å²) in [6, 6.07) is 3.88. The molecular formula is C14H13ClFN5S. The van der Waals surface area contributed by atoms with Gasteiger partial charge in [-0.25, -0.2) is 4.39 Å². The zero-order valence-electron chi connectivity index (χ0n) is 11.8. The van der Waals surface area contributed by atoms with Gasteiger partial charge in [-0.2, -0.15) is 9.64 Å². The van der Waals surface area contributed by atoms with E-state index in [1.54, 1.807) is 12.3 Å². The summed E-state index contributed by atoms with van der Waals surface area (Å²) < 4.78 is 17.9. The Labute approximate surface area is 136 Å². The average molecular weight is 338 g/mol. The highest BCUT2D eigenvalue weighted by Gasteiger charge is 2.28. The standard InChI is InChI=1S/C14H13ClFN5S/c1-9-8-20(14-10(6-17)13(15)19-22-14)4-5-21(9)12-2-3-18-7-11(12)16/h2-3,7,9H,4-5,8H2,1H3. The lowest BCUT2D eigenvalue weighted by Crippen LogP contribution is -2.52. The second kappa shape index (κ2) is 6.07. The molecular weight excluding hydrogens is 325 g/mol. The van der Waals surface area contributed by atoms with Crippen LogP contribution in [0.3, 0.4) is 0 Å². The van der Waals surface area contributed by atoms with Gasteiger partial charge < -0.3 is 9.80 Å². The van der Waals surface area contributed by atoms with E-state index >= 15 is 0 Å². The molecule has 3 heterocycles. The molecule has 0 saturated carbocycles. The molecule has 1 fully saturated rings. The Morgan fingerprint density at radius 3 is 3.00 bits per heavy atom. The SMILES string of the molecule is CC1CN(c2snc(Cl)c2C#N)CCN1c1ccncc1F. The van der Waals surface area contributed by atoms with E-state index in [0.29, 0.717) is 30.9 Å². The summed E-state index contributed by atoms with van der Waals surface area (Å²) in [5.74, 6) is -0.318. The molecule has 22 heavy (non-hydrogen) atoms. The number of rotatable bonds is 2. The molecule has 2 aromatic heterocycles. The lowest BCUT2D eigenvalue weighted by molar-refractivity contribution is 0.533. The molecule has 2 aromatic rings. The first-order chi connectivity index (χ1) is 10.6. The summed E-state index contributed by atoms with van der Waals surface area (Å²) >= 11 is 7.16. The van der Waals surface area contributed by atoms with Crippen molar-refractivity contribution in [1.29, 1.82) is 5.26 Å². The van der Waals surface area contributed by atoms with Crippen molar-refractivity contribution in [3.8, 4) is 6.07 Å². The summed E-state index contributed by atoms with van der Waals surface area (Å²) in [4.78, 5) is 7.89. The minimum absolute atomic E-state index is 0.0954. The van der Waals surface area contributed by atoms with Crippen LogP contribution in [0.15, 0.2) is 18.5 Å². The van der Waals surface area contributed by atoms with Crippen LogP contribution < -0.4 is 9.80 Å². The third-order valence-corrected chi connectivity index (χ3v) is 5.00. The quantitative estimate of drug-likeness (QED) is 0.843. The highest BCUT2D eigenvalue weighted by molar-refractivity contribution is 7.10. The molecule has 0 radical (unpaired) electrons. The molecule has 1 aliphatic heterocycles. The Hall–Kier alpha value is -1.91. The zero-order valence-corrected chi connectivity index (χ0v) is 13.4. The van der Waals surface area contributed by atoms with Crippen molar-refractivity contribution >= 4 is 33.8 Å². The fraction of sp³-hybridized carbons (Fsp3) is 0.357. The van der Waals surface area contributed by atoms with Gasteiger partial charge in [0.15, 0.2) is 11.0 Å². The largest absolute Gasteiger partial charge is 0.363 e. The van der Waals surface area contributed by atoms with Crippen LogP contribution in [-0.4, -0.2) is 35.0 Å². The first-order valence-electron chi connectivity index (χ1n) is 6.78. The monoisotopic (exact) mass is 337 g/mol. The number of nitrogens with zero attached hydrogens (tertiary/aromatic N) is 5. The maximum Gasteiger partial charge on any atom is 0.164 e. The van der Waals surface area contributed by atoms with Crippen LogP contribution in [0.2, 0.25) is 5.15 Å². The van der Waals surface area contributed by atoms with Crippen LogP contribution in [0.5, 0.6) is 0 Å². The summed E-state index contributed by atoms with van der Waals surface area (Å²) in [5.41, 5.74) is 0.979. The number of aromatic nitrogens is 2. The molecule has 1 atom stereocenters. The van der Waals surface area contributed by atoms with Gasteiger partial charge in [0.05, 0.1) is 11.9 Å². The summed E-state index contributed by atoms with van der Waals surface area (Å²) in [7, 11) is 0. The summed E-state index contributed by atoms with van der Waals surface area (Å²) in [6.07, 6.45) is 2.82. The van der Waals surface area contributed by atoms with Crippen molar-refractivity contribution in [3.05, 3.63) is 35.0 Å². The maximum atomic E-state index is 13.9. The van der Waals surface area contributed by atoms with Gasteiger partial charge in [-0.15, -0.1) is 0 Å². The van der Waals surface area contributed by atoms with Gasteiger partial charge in [0.25, 0.3) is 0 Å². The highest BCUT2D eigenvalue weighted by atomic mass is 35.5. The second-order valence-electron chi connectivity index (χ2n) is 5.08. The van der Waals surface area contributed by atoms with E-state index in [-0.39, 0.29) is 17.0 Å². The van der Waals surface area contributed by atoms with Crippen LogP contribution >= 0.6 is 23.1 Å². The molecule has 0 aliphatic carbocycles. The minimum atomic E-state index is -0.318. The predicted molar refractivity (Wildman–Crippen MR) is 85.1 cm³/mol. The fourth-order valence-corrected chi connectivity index (χ4v) is 3.74. The molecule has 5 nitrogen and oxygen atoms in total. The topological polar surface area (TPSA) is 56.1 Å². The third-order valence-electron chi connectivity index (χ3n) is 3.72. The number of nitriles is 1. The van der Waals surface area contributed by atoms with Gasteiger partial charge in [0, 0.05) is 31.9 Å². The smallest absolute Gasteiger partial charge is 0.164 e. The Balaban J connectivity index is 1.81. The average Bonchev–Trinajstić information content (AvgIpc) is 2.89. The van der Waals surface area contributed by atoms with Gasteiger partial charge in [-0.1, -0.05) is 11.6 Å². The molecule has 3 rings (SSSR count). The molecule has 0 spiro atoms. The molecule has 0 bridgehead atoms. The molecule has 114 valence electrons. The van der Waals surface area contributed by atoms with Crippen molar-refractivity contribution in [3.63, 3.8) is 0 Å². The molecule has 0 aromatic carbocycles. The number of hydrogen-bond acceptors (Lipinski definition) is 6.